The van der Waals surface area contributed by atoms with E-state index in [-0.39, 0.29) is 5.56 Å². The summed E-state index contributed by atoms with van der Waals surface area (Å²) >= 11 is 0. The van der Waals surface area contributed by atoms with E-state index in [0.717, 1.165) is 0 Å². The van der Waals surface area contributed by atoms with Crippen LogP contribution in [0.4, 0.5) is 14.6 Å². The first-order chi connectivity index (χ1) is 9.16. The van der Waals surface area contributed by atoms with Crippen LogP contribution in [-0.2, 0) is 0 Å². The number of aromatic amines is 1. The molecule has 2 heterocycles. The van der Waals surface area contributed by atoms with Gasteiger partial charge < -0.3 is 15.2 Å². The maximum Gasteiger partial charge on any atom is 0.264 e. The van der Waals surface area contributed by atoms with Crippen molar-refractivity contribution in [3.63, 3.8) is 0 Å². The van der Waals surface area contributed by atoms with E-state index >= 15 is 0 Å². The Bertz CT molecular complexity index is 613. The molecular formula is C12H11F2N3O2. The SMILES string of the molecule is Nc1[nH]ncc1-c1cc(C(F)F)cc2c1OCCO2. The molecule has 0 spiro atoms. The second kappa shape index (κ2) is 4.42. The summed E-state index contributed by atoms with van der Waals surface area (Å²) in [5.41, 5.74) is 6.57. The lowest BCUT2D eigenvalue weighted by atomic mass is 10.0. The summed E-state index contributed by atoms with van der Waals surface area (Å²) in [6.07, 6.45) is -1.12. The Morgan fingerprint density at radius 2 is 2.00 bits per heavy atom. The number of nitrogen functional groups attached to an aromatic ring is 1. The minimum absolute atomic E-state index is 0.139. The van der Waals surface area contributed by atoms with Crippen LogP contribution in [0.1, 0.15) is 12.0 Å². The first-order valence-corrected chi connectivity index (χ1v) is 5.67. The van der Waals surface area contributed by atoms with E-state index in [4.69, 9.17) is 15.2 Å². The highest BCUT2D eigenvalue weighted by molar-refractivity contribution is 5.81. The zero-order valence-corrected chi connectivity index (χ0v) is 9.82. The summed E-state index contributed by atoms with van der Waals surface area (Å²) in [6, 6.07) is 2.64. The van der Waals surface area contributed by atoms with Gasteiger partial charge in [-0.25, -0.2) is 8.78 Å². The molecule has 0 amide bonds. The van der Waals surface area contributed by atoms with Gasteiger partial charge in [-0.15, -0.1) is 0 Å². The van der Waals surface area contributed by atoms with Crippen LogP contribution in [0.5, 0.6) is 11.5 Å². The van der Waals surface area contributed by atoms with Crippen molar-refractivity contribution >= 4 is 5.82 Å². The second-order valence-electron chi connectivity index (χ2n) is 4.09. The quantitative estimate of drug-likeness (QED) is 0.876. The van der Waals surface area contributed by atoms with Crippen LogP contribution >= 0.6 is 0 Å². The van der Waals surface area contributed by atoms with Gasteiger partial charge in [-0.2, -0.15) is 5.10 Å². The first-order valence-electron chi connectivity index (χ1n) is 5.67. The second-order valence-corrected chi connectivity index (χ2v) is 4.09. The Labute approximate surface area is 107 Å². The summed E-state index contributed by atoms with van der Waals surface area (Å²) in [6.45, 7) is 0.700. The third-order valence-corrected chi connectivity index (χ3v) is 2.88. The molecule has 0 saturated heterocycles. The van der Waals surface area contributed by atoms with Crippen molar-refractivity contribution in [3.05, 3.63) is 23.9 Å². The average molecular weight is 267 g/mol. The van der Waals surface area contributed by atoms with Crippen molar-refractivity contribution in [1.82, 2.24) is 10.2 Å². The number of nitrogens with zero attached hydrogens (tertiary/aromatic N) is 1. The number of alkyl halides is 2. The summed E-state index contributed by atoms with van der Waals surface area (Å²) in [5.74, 6) is 1.02. The topological polar surface area (TPSA) is 73.2 Å². The Balaban J connectivity index is 2.21. The molecule has 0 atom stereocenters. The van der Waals surface area contributed by atoms with E-state index in [1.54, 1.807) is 0 Å². The van der Waals surface area contributed by atoms with Crippen LogP contribution in [0.25, 0.3) is 11.1 Å². The van der Waals surface area contributed by atoms with Gasteiger partial charge in [0, 0.05) is 16.7 Å². The number of H-pyrrole nitrogens is 1. The minimum Gasteiger partial charge on any atom is -0.486 e. The number of rotatable bonds is 2. The van der Waals surface area contributed by atoms with Gasteiger partial charge in [-0.05, 0) is 12.1 Å². The van der Waals surface area contributed by atoms with Crippen LogP contribution in [-0.4, -0.2) is 23.4 Å². The molecular weight excluding hydrogens is 256 g/mol. The molecule has 0 aliphatic carbocycles. The molecule has 1 aromatic heterocycles. The van der Waals surface area contributed by atoms with E-state index < -0.39 is 6.43 Å². The lowest BCUT2D eigenvalue weighted by Gasteiger charge is -2.22. The maximum atomic E-state index is 12.9. The van der Waals surface area contributed by atoms with Crippen LogP contribution in [0.15, 0.2) is 18.3 Å². The van der Waals surface area contributed by atoms with Gasteiger partial charge in [-0.1, -0.05) is 0 Å². The summed E-state index contributed by atoms with van der Waals surface area (Å²) in [5, 5.41) is 6.35. The molecule has 0 unspecified atom stereocenters. The van der Waals surface area contributed by atoms with Gasteiger partial charge in [0.2, 0.25) is 0 Å². The monoisotopic (exact) mass is 267 g/mol. The van der Waals surface area contributed by atoms with E-state index in [1.165, 1.54) is 18.3 Å². The average Bonchev–Trinajstić information content (AvgIpc) is 2.83. The van der Waals surface area contributed by atoms with Crippen LogP contribution in [0.3, 0.4) is 0 Å². The number of ether oxygens (including phenoxy) is 2. The van der Waals surface area contributed by atoms with E-state index in [2.05, 4.69) is 10.2 Å². The third-order valence-electron chi connectivity index (χ3n) is 2.88. The van der Waals surface area contributed by atoms with E-state index in [9.17, 15) is 8.78 Å². The molecule has 1 aliphatic rings. The maximum absolute atomic E-state index is 12.9. The lowest BCUT2D eigenvalue weighted by Crippen LogP contribution is -2.16. The summed E-state index contributed by atoms with van der Waals surface area (Å²) in [7, 11) is 0. The molecule has 100 valence electrons. The van der Waals surface area contributed by atoms with Gasteiger partial charge in [0.1, 0.15) is 19.0 Å². The van der Waals surface area contributed by atoms with Crippen LogP contribution in [0.2, 0.25) is 0 Å². The highest BCUT2D eigenvalue weighted by Crippen LogP contribution is 2.44. The van der Waals surface area contributed by atoms with Gasteiger partial charge in [0.15, 0.2) is 11.5 Å². The Morgan fingerprint density at radius 3 is 2.68 bits per heavy atom. The fourth-order valence-electron chi connectivity index (χ4n) is 2.01. The predicted molar refractivity (Wildman–Crippen MR) is 64.4 cm³/mol. The largest absolute Gasteiger partial charge is 0.486 e. The number of benzene rings is 1. The molecule has 2 aromatic rings. The molecule has 5 nitrogen and oxygen atoms in total. The van der Waals surface area contributed by atoms with Gasteiger partial charge in [0.25, 0.3) is 6.43 Å². The smallest absolute Gasteiger partial charge is 0.264 e. The van der Waals surface area contributed by atoms with Crippen molar-refractivity contribution in [2.75, 3.05) is 18.9 Å². The fraction of sp³-hybridized carbons (Fsp3) is 0.250. The number of aromatic nitrogens is 2. The minimum atomic E-state index is -2.59. The molecule has 0 bridgehead atoms. The van der Waals surface area contributed by atoms with Crippen molar-refractivity contribution < 1.29 is 18.3 Å². The normalized spacial score (nSPS) is 13.8. The zero-order chi connectivity index (χ0) is 13.4. The number of anilines is 1. The highest BCUT2D eigenvalue weighted by atomic mass is 19.3. The third kappa shape index (κ3) is 1.96. The molecule has 0 saturated carbocycles. The van der Waals surface area contributed by atoms with E-state index in [0.29, 0.717) is 41.7 Å². The van der Waals surface area contributed by atoms with Crippen molar-refractivity contribution in [2.45, 2.75) is 6.43 Å². The van der Waals surface area contributed by atoms with Crippen LogP contribution in [0, 0.1) is 0 Å². The van der Waals surface area contributed by atoms with Gasteiger partial charge in [-0.3, -0.25) is 5.10 Å². The molecule has 19 heavy (non-hydrogen) atoms. The van der Waals surface area contributed by atoms with Crippen LogP contribution < -0.4 is 15.2 Å². The summed E-state index contributed by atoms with van der Waals surface area (Å²) in [4.78, 5) is 0. The number of nitrogens with one attached hydrogen (secondary N) is 1. The van der Waals surface area contributed by atoms with Gasteiger partial charge in [0.05, 0.1) is 6.20 Å². The van der Waals surface area contributed by atoms with Crippen molar-refractivity contribution in [3.8, 4) is 22.6 Å². The highest BCUT2D eigenvalue weighted by Gasteiger charge is 2.23. The molecule has 7 heteroatoms. The lowest BCUT2D eigenvalue weighted by molar-refractivity contribution is 0.147. The predicted octanol–water partition coefficient (Wildman–Crippen LogP) is 2.37. The molecule has 3 rings (SSSR count). The number of hydrogen-bond acceptors (Lipinski definition) is 4. The standard InChI is InChI=1S/C12H11F2N3O2/c13-11(14)6-3-7(8-5-16-17-12(8)15)10-9(4-6)18-1-2-19-10/h3-5,11H,1-2H2,(H3,15,16,17). The molecule has 0 fully saturated rings. The number of nitrogens with two attached hydrogens (primary N) is 1. The van der Waals surface area contributed by atoms with Crippen molar-refractivity contribution in [1.29, 1.82) is 0 Å². The number of hydrogen-bond donors (Lipinski definition) is 2. The fourth-order valence-corrected chi connectivity index (χ4v) is 2.01. The number of halogens is 2. The molecule has 1 aromatic carbocycles. The molecule has 1 aliphatic heterocycles. The Kier molecular flexibility index (Phi) is 2.73. The Morgan fingerprint density at radius 1 is 1.21 bits per heavy atom. The van der Waals surface area contributed by atoms with E-state index in [1.807, 2.05) is 0 Å². The molecule has 0 radical (unpaired) electrons. The Hall–Kier alpha value is -2.31. The first kappa shape index (κ1) is 11.8. The van der Waals surface area contributed by atoms with Crippen molar-refractivity contribution in [2.24, 2.45) is 0 Å². The molecule has 3 N–H and O–H groups in total. The summed E-state index contributed by atoms with van der Waals surface area (Å²) < 4.78 is 36.7. The van der Waals surface area contributed by atoms with Gasteiger partial charge >= 0.3 is 0 Å². The number of fused-ring (bicyclic) bond motifs is 1. The zero-order valence-electron chi connectivity index (χ0n) is 9.82.